The summed E-state index contributed by atoms with van der Waals surface area (Å²) in [5.74, 6) is -3.12. The summed E-state index contributed by atoms with van der Waals surface area (Å²) in [4.78, 5) is 88.0. The molecule has 4 bridgehead atoms. The molecular formula is C45H68N2O15. The highest BCUT2D eigenvalue weighted by Gasteiger charge is 2.71. The maximum atomic E-state index is 13.0. The normalized spacial score (nSPS) is 44.4. The van der Waals surface area contributed by atoms with E-state index in [1.807, 2.05) is 27.7 Å². The van der Waals surface area contributed by atoms with Crippen LogP contribution < -0.4 is 10.6 Å². The topological polar surface area (TPSA) is 202 Å². The van der Waals surface area contributed by atoms with Crippen molar-refractivity contribution in [2.24, 2.45) is 47.3 Å². The fourth-order valence-electron chi connectivity index (χ4n) is 12.3. The number of carbonyl (C=O) groups excluding carboxylic acids is 5. The molecule has 17 heteroatoms. The second kappa shape index (κ2) is 17.9. The zero-order valence-corrected chi connectivity index (χ0v) is 37.4. The zero-order chi connectivity index (χ0) is 44.2. The molecule has 10 aliphatic rings. The zero-order valence-electron chi connectivity index (χ0n) is 37.4. The van der Waals surface area contributed by atoms with Crippen molar-refractivity contribution in [3.63, 3.8) is 0 Å². The van der Waals surface area contributed by atoms with Crippen LogP contribution in [0.25, 0.3) is 0 Å². The predicted molar refractivity (Wildman–Crippen MR) is 214 cm³/mol. The van der Waals surface area contributed by atoms with Crippen LogP contribution >= 0.6 is 0 Å². The first-order valence-corrected chi connectivity index (χ1v) is 23.3. The van der Waals surface area contributed by atoms with Gasteiger partial charge in [-0.3, -0.25) is 24.0 Å². The molecule has 17 nitrogen and oxygen atoms in total. The van der Waals surface area contributed by atoms with Crippen LogP contribution in [0.4, 0.5) is 0 Å². The van der Waals surface area contributed by atoms with Gasteiger partial charge in [-0.2, -0.15) is 0 Å². The SMILES string of the molecule is CC(=O)C(CCCCNC(=O)CCC(=O)O[C@@H]1O[C@@H]2O[C@]3(C)CC[C@H]4[C@H](C)CC[C@@H]([C@H]1C)[C@@]24OO3)NC(=O)CCC(=O)O[C@@H]1O[C@@H]2O[C@]3(C)CC[C@H]4[C@H](C)CC[C@@H]([C@H]1C)[C@@]24OO3. The van der Waals surface area contributed by atoms with Crippen molar-refractivity contribution in [2.45, 2.75) is 199 Å². The summed E-state index contributed by atoms with van der Waals surface area (Å²) < 4.78 is 37.0. The van der Waals surface area contributed by atoms with Gasteiger partial charge < -0.3 is 39.1 Å². The molecule has 8 aliphatic heterocycles. The van der Waals surface area contributed by atoms with Gasteiger partial charge in [0.15, 0.2) is 29.6 Å². The van der Waals surface area contributed by atoms with Crippen LogP contribution in [-0.4, -0.2) is 90.1 Å². The summed E-state index contributed by atoms with van der Waals surface area (Å²) in [6.07, 6.45) is 4.66. The number of hydrogen-bond donors (Lipinski definition) is 2. The van der Waals surface area contributed by atoms with Gasteiger partial charge in [0.25, 0.3) is 0 Å². The summed E-state index contributed by atoms with van der Waals surface area (Å²) in [5, 5.41) is 5.57. The molecule has 1 unspecified atom stereocenters. The average Bonchev–Trinajstić information content (AvgIpc) is 3.60. The molecule has 17 atom stereocenters. The van der Waals surface area contributed by atoms with Crippen LogP contribution in [0.5, 0.6) is 0 Å². The monoisotopic (exact) mass is 876 g/mol. The number of ether oxygens (including phenoxy) is 6. The van der Waals surface area contributed by atoms with Gasteiger partial charge >= 0.3 is 11.9 Å². The third kappa shape index (κ3) is 8.58. The molecule has 8 saturated heterocycles. The first-order valence-electron chi connectivity index (χ1n) is 23.3. The molecule has 2 spiro atoms. The first kappa shape index (κ1) is 45.8. The molecule has 0 aromatic carbocycles. The number of unbranched alkanes of at least 4 members (excludes halogenated alkanes) is 1. The van der Waals surface area contributed by atoms with Crippen LogP contribution in [0.3, 0.4) is 0 Å². The number of esters is 2. The van der Waals surface area contributed by atoms with Crippen molar-refractivity contribution in [2.75, 3.05) is 6.54 Å². The predicted octanol–water partition coefficient (Wildman–Crippen LogP) is 5.41. The van der Waals surface area contributed by atoms with Gasteiger partial charge in [0.1, 0.15) is 0 Å². The minimum Gasteiger partial charge on any atom is -0.435 e. The van der Waals surface area contributed by atoms with Crippen molar-refractivity contribution in [1.29, 1.82) is 0 Å². The number of nitrogens with one attached hydrogen (secondary N) is 2. The molecule has 8 heterocycles. The molecule has 2 saturated carbocycles. The number of carbonyl (C=O) groups is 5. The summed E-state index contributed by atoms with van der Waals surface area (Å²) in [7, 11) is 0. The van der Waals surface area contributed by atoms with Gasteiger partial charge in [0, 0.05) is 55.9 Å². The van der Waals surface area contributed by atoms with Crippen LogP contribution in [-0.2, 0) is 71.9 Å². The van der Waals surface area contributed by atoms with E-state index in [0.717, 1.165) is 38.5 Å². The minimum absolute atomic E-state index is 0.00742. The fourth-order valence-corrected chi connectivity index (χ4v) is 12.3. The smallest absolute Gasteiger partial charge is 0.308 e. The molecule has 2 N–H and O–H groups in total. The van der Waals surface area contributed by atoms with E-state index >= 15 is 0 Å². The minimum atomic E-state index is -0.950. The lowest BCUT2D eigenvalue weighted by molar-refractivity contribution is -0.576. The Balaban J connectivity index is 0.722. The van der Waals surface area contributed by atoms with Gasteiger partial charge in [0.2, 0.25) is 36.0 Å². The van der Waals surface area contributed by atoms with E-state index in [1.165, 1.54) is 6.92 Å². The Kier molecular flexibility index (Phi) is 13.2. The maximum Gasteiger partial charge on any atom is 0.308 e. The highest BCUT2D eigenvalue weighted by molar-refractivity contribution is 5.88. The van der Waals surface area contributed by atoms with E-state index in [2.05, 4.69) is 24.5 Å². The van der Waals surface area contributed by atoms with Gasteiger partial charge in [-0.05, 0) is 102 Å². The molecule has 10 fully saturated rings. The van der Waals surface area contributed by atoms with Crippen LogP contribution in [0, 0.1) is 47.3 Å². The number of hydrogen-bond acceptors (Lipinski definition) is 15. The first-order chi connectivity index (χ1) is 29.5. The molecule has 10 rings (SSSR count). The second-order valence-electron chi connectivity index (χ2n) is 20.1. The lowest BCUT2D eigenvalue weighted by Crippen LogP contribution is -2.70. The number of amides is 2. The Hall–Kier alpha value is -2.77. The Morgan fingerprint density at radius 1 is 0.613 bits per heavy atom. The number of ketones is 1. The van der Waals surface area contributed by atoms with Gasteiger partial charge in [-0.1, -0.05) is 27.7 Å². The quantitative estimate of drug-likeness (QED) is 0.120. The van der Waals surface area contributed by atoms with Gasteiger partial charge in [-0.15, -0.1) is 0 Å². The van der Waals surface area contributed by atoms with Gasteiger partial charge in [-0.25, -0.2) is 19.6 Å². The van der Waals surface area contributed by atoms with E-state index in [9.17, 15) is 24.0 Å². The largest absolute Gasteiger partial charge is 0.435 e. The van der Waals surface area contributed by atoms with E-state index in [4.69, 9.17) is 48.0 Å². The number of Topliss-reactive ketones (excluding diaryl/α,β-unsaturated/α-hetero) is 1. The number of rotatable bonds is 15. The third-order valence-corrected chi connectivity index (χ3v) is 15.9. The Bertz CT molecular complexity index is 1720. The van der Waals surface area contributed by atoms with Gasteiger partial charge in [0.05, 0.1) is 18.9 Å². The molecule has 2 aliphatic carbocycles. The van der Waals surface area contributed by atoms with Crippen molar-refractivity contribution < 1.29 is 71.9 Å². The Labute approximate surface area is 364 Å². The third-order valence-electron chi connectivity index (χ3n) is 15.9. The molecule has 0 aromatic rings. The molecule has 0 aromatic heterocycles. The van der Waals surface area contributed by atoms with Crippen molar-refractivity contribution in [3.05, 3.63) is 0 Å². The van der Waals surface area contributed by atoms with Crippen LogP contribution in [0.15, 0.2) is 0 Å². The maximum absolute atomic E-state index is 13.0. The lowest BCUT2D eigenvalue weighted by Gasteiger charge is -2.59. The lowest BCUT2D eigenvalue weighted by atomic mass is 9.58. The van der Waals surface area contributed by atoms with Crippen molar-refractivity contribution in [1.82, 2.24) is 10.6 Å². The Morgan fingerprint density at radius 3 is 1.58 bits per heavy atom. The highest BCUT2D eigenvalue weighted by atomic mass is 17.3. The molecular weight excluding hydrogens is 808 g/mol. The molecule has 62 heavy (non-hydrogen) atoms. The van der Waals surface area contributed by atoms with Crippen LogP contribution in [0.1, 0.15) is 145 Å². The van der Waals surface area contributed by atoms with E-state index in [1.54, 1.807) is 0 Å². The van der Waals surface area contributed by atoms with E-state index in [0.29, 0.717) is 50.5 Å². The summed E-state index contributed by atoms with van der Waals surface area (Å²) >= 11 is 0. The van der Waals surface area contributed by atoms with E-state index < -0.39 is 71.8 Å². The standard InChI is InChI=1S/C45H68N2O15/c1-24-11-13-31-26(3)38(55-40-44(31)29(24)19-21-42(6,57-40)59-61-44)53-36(51)17-15-34(49)46-23-9-8-10-33(28(5)48)47-35(50)16-18-37(52)54-39-27(4)32-14-12-25(2)30-20-22-43(7)58-41(56-39)45(30,32)62-60-43/h24-27,29-33,38-41H,8-23H2,1-7H3,(H,46,49)(H,47,50)/t24-,25-,26-,27-,29+,30+,31+,32+,33?,38-,39-,40-,41-,42+,43+,44-,45-/m1/s1. The van der Waals surface area contributed by atoms with Crippen molar-refractivity contribution >= 4 is 29.5 Å². The molecule has 2 amide bonds. The fraction of sp³-hybridized carbons (Fsp3) is 0.889. The average molecular weight is 877 g/mol. The van der Waals surface area contributed by atoms with Crippen LogP contribution in [0.2, 0.25) is 0 Å². The number of fused-ring (bicyclic) bond motifs is 4. The molecule has 0 radical (unpaired) electrons. The second-order valence-corrected chi connectivity index (χ2v) is 20.1. The molecule has 348 valence electrons. The Morgan fingerprint density at radius 2 is 1.10 bits per heavy atom. The van der Waals surface area contributed by atoms with Crippen molar-refractivity contribution in [3.8, 4) is 0 Å². The summed E-state index contributed by atoms with van der Waals surface area (Å²) in [5.41, 5.74) is -1.53. The summed E-state index contributed by atoms with van der Waals surface area (Å²) in [6, 6.07) is -0.738. The summed E-state index contributed by atoms with van der Waals surface area (Å²) in [6.45, 7) is 13.9. The van der Waals surface area contributed by atoms with E-state index in [-0.39, 0.29) is 72.9 Å². The highest BCUT2D eigenvalue weighted by Crippen LogP contribution is 2.62.